The number of aliphatic hydroxyl groups is 2. The van der Waals surface area contributed by atoms with Crippen molar-refractivity contribution >= 4 is 11.8 Å². The molecular weight excluding hydrogens is 336 g/mol. The minimum absolute atomic E-state index is 0.0240. The SMILES string of the molecule is C/C1=C\CC[C@@H](C)[C@H]2CC[C@@](C)(O2)[C@H](O)[C@H]2OC(=O)[C@@](C)(O)[C@H]2C(=O)C1. The Kier molecular flexibility index (Phi) is 5.05. The Morgan fingerprint density at radius 1 is 1.23 bits per heavy atom. The van der Waals surface area contributed by atoms with E-state index in [-0.39, 0.29) is 18.3 Å². The van der Waals surface area contributed by atoms with Gasteiger partial charge in [-0.05, 0) is 52.4 Å². The highest BCUT2D eigenvalue weighted by Crippen LogP contribution is 2.44. The molecular formula is C20H30O6. The molecule has 6 heteroatoms. The van der Waals surface area contributed by atoms with Crippen LogP contribution < -0.4 is 0 Å². The zero-order valence-electron chi connectivity index (χ0n) is 16.0. The number of Topliss-reactive ketones (excluding diaryl/α,β-unsaturated/α-hetero) is 1. The Balaban J connectivity index is 1.99. The molecule has 3 aliphatic heterocycles. The van der Waals surface area contributed by atoms with E-state index in [1.54, 1.807) is 6.92 Å². The van der Waals surface area contributed by atoms with Gasteiger partial charge >= 0.3 is 5.97 Å². The molecule has 2 N–H and O–H groups in total. The monoisotopic (exact) mass is 366 g/mol. The van der Waals surface area contributed by atoms with Gasteiger partial charge in [-0.2, -0.15) is 0 Å². The van der Waals surface area contributed by atoms with E-state index in [0.717, 1.165) is 24.8 Å². The summed E-state index contributed by atoms with van der Waals surface area (Å²) in [7, 11) is 0. The zero-order valence-corrected chi connectivity index (χ0v) is 16.0. The van der Waals surface area contributed by atoms with Gasteiger partial charge in [0.05, 0.1) is 17.6 Å². The number of allylic oxidation sites excluding steroid dienone is 2. The fourth-order valence-electron chi connectivity index (χ4n) is 4.59. The van der Waals surface area contributed by atoms with Crippen LogP contribution in [0.25, 0.3) is 0 Å². The molecule has 0 radical (unpaired) electrons. The third-order valence-corrected chi connectivity index (χ3v) is 6.42. The topological polar surface area (TPSA) is 93.1 Å². The average Bonchev–Trinajstić information content (AvgIpc) is 3.05. The molecule has 3 heterocycles. The van der Waals surface area contributed by atoms with Crippen molar-refractivity contribution in [1.82, 2.24) is 0 Å². The highest BCUT2D eigenvalue weighted by Gasteiger charge is 2.62. The number of ether oxygens (including phenoxy) is 2. The zero-order chi connectivity index (χ0) is 19.3. The molecule has 0 aromatic heterocycles. The molecule has 146 valence electrons. The maximum atomic E-state index is 12.9. The molecule has 2 fully saturated rings. The van der Waals surface area contributed by atoms with E-state index in [2.05, 4.69) is 6.92 Å². The van der Waals surface area contributed by atoms with Gasteiger partial charge in [-0.15, -0.1) is 0 Å². The van der Waals surface area contributed by atoms with Crippen LogP contribution in [0.4, 0.5) is 0 Å². The predicted octanol–water partition coefficient (Wildman–Crippen LogP) is 1.91. The first kappa shape index (κ1) is 19.5. The van der Waals surface area contributed by atoms with Crippen LogP contribution in [-0.2, 0) is 19.1 Å². The van der Waals surface area contributed by atoms with Crippen LogP contribution in [-0.4, -0.2) is 51.5 Å². The number of hydrogen-bond acceptors (Lipinski definition) is 6. The van der Waals surface area contributed by atoms with Crippen molar-refractivity contribution in [3.05, 3.63) is 11.6 Å². The van der Waals surface area contributed by atoms with Gasteiger partial charge in [0.1, 0.15) is 18.0 Å². The molecule has 2 bridgehead atoms. The van der Waals surface area contributed by atoms with Crippen molar-refractivity contribution in [3.63, 3.8) is 0 Å². The molecule has 0 amide bonds. The van der Waals surface area contributed by atoms with E-state index in [0.29, 0.717) is 12.3 Å². The molecule has 7 atom stereocenters. The van der Waals surface area contributed by atoms with Crippen molar-refractivity contribution in [3.8, 4) is 0 Å². The van der Waals surface area contributed by atoms with Crippen LogP contribution in [0.2, 0.25) is 0 Å². The van der Waals surface area contributed by atoms with E-state index >= 15 is 0 Å². The van der Waals surface area contributed by atoms with Crippen molar-refractivity contribution in [1.29, 1.82) is 0 Å². The van der Waals surface area contributed by atoms with Crippen LogP contribution in [0.5, 0.6) is 0 Å². The van der Waals surface area contributed by atoms with Gasteiger partial charge in [0.2, 0.25) is 0 Å². The van der Waals surface area contributed by atoms with Crippen LogP contribution in [0.15, 0.2) is 11.6 Å². The first-order chi connectivity index (χ1) is 12.1. The van der Waals surface area contributed by atoms with Crippen LogP contribution in [0, 0.1) is 11.8 Å². The third kappa shape index (κ3) is 3.23. The Hall–Kier alpha value is -1.24. The van der Waals surface area contributed by atoms with Gasteiger partial charge < -0.3 is 19.7 Å². The molecule has 26 heavy (non-hydrogen) atoms. The van der Waals surface area contributed by atoms with Gasteiger partial charge in [0, 0.05) is 6.42 Å². The predicted molar refractivity (Wildman–Crippen MR) is 94.3 cm³/mol. The summed E-state index contributed by atoms with van der Waals surface area (Å²) in [5, 5.41) is 21.6. The maximum Gasteiger partial charge on any atom is 0.339 e. The standard InChI is InChI=1S/C20H30O6/c1-11-6-5-7-12(2)14-8-9-19(3,26-14)17(22)16-15(13(21)10-11)20(4,24)18(23)25-16/h6,12,14-17,22,24H,5,7-10H2,1-4H3/b11-6+/t12-,14-,15+,16+,17-,19-,20+/m1/s1. The summed E-state index contributed by atoms with van der Waals surface area (Å²) in [5.41, 5.74) is -1.94. The second-order valence-corrected chi connectivity index (χ2v) is 8.70. The lowest BCUT2D eigenvalue weighted by Crippen LogP contribution is -2.53. The summed E-state index contributed by atoms with van der Waals surface area (Å²) in [6.07, 6.45) is 3.16. The number of ketones is 1. The fraction of sp³-hybridized carbons (Fsp3) is 0.800. The van der Waals surface area contributed by atoms with Crippen molar-refractivity contribution in [2.24, 2.45) is 11.8 Å². The van der Waals surface area contributed by atoms with Gasteiger partial charge in [-0.1, -0.05) is 18.6 Å². The largest absolute Gasteiger partial charge is 0.456 e. The quantitative estimate of drug-likeness (QED) is 0.502. The normalized spacial score (nSPS) is 49.3. The minimum Gasteiger partial charge on any atom is -0.456 e. The van der Waals surface area contributed by atoms with Crippen LogP contribution in [0.3, 0.4) is 0 Å². The summed E-state index contributed by atoms with van der Waals surface area (Å²) in [4.78, 5) is 25.1. The second kappa shape index (κ2) is 6.73. The Bertz CT molecular complexity index is 624. The lowest BCUT2D eigenvalue weighted by Gasteiger charge is -2.36. The first-order valence-corrected chi connectivity index (χ1v) is 9.54. The van der Waals surface area contributed by atoms with Gasteiger partial charge in [0.15, 0.2) is 5.60 Å². The number of rotatable bonds is 0. The molecule has 3 aliphatic rings. The van der Waals surface area contributed by atoms with E-state index in [9.17, 15) is 19.8 Å². The number of fused-ring (bicyclic) bond motifs is 3. The minimum atomic E-state index is -1.94. The fourth-order valence-corrected chi connectivity index (χ4v) is 4.59. The highest BCUT2D eigenvalue weighted by atomic mass is 16.6. The summed E-state index contributed by atoms with van der Waals surface area (Å²) >= 11 is 0. The Morgan fingerprint density at radius 2 is 1.92 bits per heavy atom. The van der Waals surface area contributed by atoms with Crippen molar-refractivity contribution in [2.75, 3.05) is 0 Å². The van der Waals surface area contributed by atoms with Gasteiger partial charge in [0.25, 0.3) is 0 Å². The maximum absolute atomic E-state index is 12.9. The number of carbonyl (C=O) groups excluding carboxylic acids is 2. The lowest BCUT2D eigenvalue weighted by atomic mass is 9.76. The van der Waals surface area contributed by atoms with E-state index < -0.39 is 35.3 Å². The van der Waals surface area contributed by atoms with Gasteiger partial charge in [-0.25, -0.2) is 4.79 Å². The summed E-state index contributed by atoms with van der Waals surface area (Å²) in [5.74, 6) is -1.93. The average molecular weight is 366 g/mol. The lowest BCUT2D eigenvalue weighted by molar-refractivity contribution is -0.171. The smallest absolute Gasteiger partial charge is 0.339 e. The van der Waals surface area contributed by atoms with Crippen molar-refractivity contribution < 1.29 is 29.3 Å². The van der Waals surface area contributed by atoms with Crippen molar-refractivity contribution in [2.45, 2.75) is 89.3 Å². The van der Waals surface area contributed by atoms with Gasteiger partial charge in [-0.3, -0.25) is 4.79 Å². The molecule has 0 aliphatic carbocycles. The van der Waals surface area contributed by atoms with E-state index in [1.165, 1.54) is 6.92 Å². The molecule has 0 unspecified atom stereocenters. The molecule has 0 saturated carbocycles. The number of hydrogen-bond donors (Lipinski definition) is 2. The van der Waals surface area contributed by atoms with E-state index in [4.69, 9.17) is 9.47 Å². The number of aliphatic hydroxyl groups excluding tert-OH is 1. The molecule has 2 saturated heterocycles. The Morgan fingerprint density at radius 3 is 2.62 bits per heavy atom. The van der Waals surface area contributed by atoms with Crippen LogP contribution >= 0.6 is 0 Å². The summed E-state index contributed by atoms with van der Waals surface area (Å²) in [6, 6.07) is 0. The second-order valence-electron chi connectivity index (χ2n) is 8.70. The molecule has 3 rings (SSSR count). The molecule has 6 nitrogen and oxygen atoms in total. The molecule has 0 spiro atoms. The van der Waals surface area contributed by atoms with Crippen LogP contribution in [0.1, 0.15) is 59.8 Å². The number of carbonyl (C=O) groups is 2. The summed E-state index contributed by atoms with van der Waals surface area (Å²) in [6.45, 7) is 7.12. The first-order valence-electron chi connectivity index (χ1n) is 9.54. The van der Waals surface area contributed by atoms with E-state index in [1.807, 2.05) is 13.0 Å². The summed E-state index contributed by atoms with van der Waals surface area (Å²) < 4.78 is 11.5. The third-order valence-electron chi connectivity index (χ3n) is 6.42. The Labute approximate surface area is 154 Å². The number of esters is 1. The molecule has 0 aromatic rings. The highest BCUT2D eigenvalue weighted by molar-refractivity contribution is 5.94. The molecule has 0 aromatic carbocycles.